The number of allylic oxidation sites excluding steroid dienone is 3. The summed E-state index contributed by atoms with van der Waals surface area (Å²) in [4.78, 5) is 34.9. The quantitative estimate of drug-likeness (QED) is 0.247. The first-order valence-corrected chi connectivity index (χ1v) is 10.4. The van der Waals surface area contributed by atoms with Gasteiger partial charge < -0.3 is 10.2 Å². The van der Waals surface area contributed by atoms with Crippen LogP contribution in [0.2, 0.25) is 0 Å². The van der Waals surface area contributed by atoms with Crippen molar-refractivity contribution in [2.75, 3.05) is 11.5 Å². The smallest absolute Gasteiger partial charge is 0.313 e. The summed E-state index contributed by atoms with van der Waals surface area (Å²) in [7, 11) is 0. The van der Waals surface area contributed by atoms with Gasteiger partial charge in [-0.2, -0.15) is 11.8 Å². The van der Waals surface area contributed by atoms with Crippen LogP contribution < -0.4 is 5.48 Å². The van der Waals surface area contributed by atoms with E-state index in [1.165, 1.54) is 11.8 Å². The molecule has 2 atom stereocenters. The first-order valence-electron chi connectivity index (χ1n) is 9.28. The Kier molecular flexibility index (Phi) is 8.48. The van der Waals surface area contributed by atoms with Crippen LogP contribution in [0.4, 0.5) is 0 Å². The van der Waals surface area contributed by atoms with Gasteiger partial charge in [0.25, 0.3) is 5.91 Å². The highest BCUT2D eigenvalue weighted by atomic mass is 32.2. The van der Waals surface area contributed by atoms with Gasteiger partial charge in [-0.3, -0.25) is 19.6 Å². The number of carboxylic acid groups (broad SMARTS) is 2. The second-order valence-corrected chi connectivity index (χ2v) is 8.13. The minimum atomic E-state index is -1.27. The summed E-state index contributed by atoms with van der Waals surface area (Å²) in [6.45, 7) is 0. The second-order valence-electron chi connectivity index (χ2n) is 7.02. The monoisotopic (exact) mass is 419 g/mol. The number of carbonyl (C=O) groups is 3. The van der Waals surface area contributed by atoms with E-state index in [9.17, 15) is 24.6 Å². The van der Waals surface area contributed by atoms with Crippen molar-refractivity contribution in [2.24, 2.45) is 11.3 Å². The second kappa shape index (κ2) is 10.8. The molecule has 0 spiro atoms. The fraction of sp³-hybridized carbons (Fsp3) is 0.381. The molecule has 8 heteroatoms. The van der Waals surface area contributed by atoms with Crippen molar-refractivity contribution >= 4 is 35.2 Å². The highest BCUT2D eigenvalue weighted by Gasteiger charge is 2.41. The molecule has 0 saturated carbocycles. The molecule has 0 aliphatic heterocycles. The number of thioether (sulfide) groups is 1. The van der Waals surface area contributed by atoms with Crippen molar-refractivity contribution in [3.8, 4) is 0 Å². The molecule has 0 aromatic heterocycles. The largest absolute Gasteiger partial charge is 0.481 e. The van der Waals surface area contributed by atoms with Crippen molar-refractivity contribution in [2.45, 2.75) is 25.7 Å². The van der Waals surface area contributed by atoms with E-state index in [1.807, 2.05) is 36.4 Å². The van der Waals surface area contributed by atoms with Gasteiger partial charge >= 0.3 is 11.9 Å². The van der Waals surface area contributed by atoms with Crippen LogP contribution in [0.5, 0.6) is 0 Å². The van der Waals surface area contributed by atoms with Gasteiger partial charge in [-0.1, -0.05) is 48.6 Å². The zero-order valence-electron chi connectivity index (χ0n) is 15.9. The molecule has 2 unspecified atom stereocenters. The van der Waals surface area contributed by atoms with Crippen LogP contribution in [0.15, 0.2) is 48.6 Å². The van der Waals surface area contributed by atoms with Crippen molar-refractivity contribution < 1.29 is 29.8 Å². The molecule has 4 N–H and O–H groups in total. The van der Waals surface area contributed by atoms with Gasteiger partial charge in [-0.05, 0) is 42.6 Å². The summed E-state index contributed by atoms with van der Waals surface area (Å²) in [5.41, 5.74) is 2.06. The Balaban J connectivity index is 2.04. The summed E-state index contributed by atoms with van der Waals surface area (Å²) >= 11 is 1.28. The lowest BCUT2D eigenvalue weighted by molar-refractivity contribution is -0.149. The number of carbonyl (C=O) groups excluding carboxylic acids is 1. The molecule has 0 bridgehead atoms. The summed E-state index contributed by atoms with van der Waals surface area (Å²) in [5, 5.41) is 28.0. The van der Waals surface area contributed by atoms with Gasteiger partial charge in [-0.25, -0.2) is 5.48 Å². The van der Waals surface area contributed by atoms with Crippen LogP contribution in [0, 0.1) is 11.3 Å². The maximum atomic E-state index is 12.2. The van der Waals surface area contributed by atoms with Crippen LogP contribution in [0.1, 0.15) is 31.2 Å². The zero-order valence-corrected chi connectivity index (χ0v) is 16.7. The lowest BCUT2D eigenvalue weighted by Gasteiger charge is -2.32. The van der Waals surface area contributed by atoms with Crippen LogP contribution in [0.25, 0.3) is 5.57 Å². The summed E-state index contributed by atoms with van der Waals surface area (Å²) in [6.07, 6.45) is 6.24. The van der Waals surface area contributed by atoms with Gasteiger partial charge in [0.2, 0.25) is 0 Å². The topological polar surface area (TPSA) is 124 Å². The van der Waals surface area contributed by atoms with E-state index in [0.717, 1.165) is 11.1 Å². The van der Waals surface area contributed by atoms with Crippen LogP contribution in [0.3, 0.4) is 0 Å². The molecule has 2 rings (SSSR count). The molecule has 1 amide bonds. The Labute approximate surface area is 173 Å². The maximum Gasteiger partial charge on any atom is 0.313 e. The number of benzene rings is 1. The van der Waals surface area contributed by atoms with Crippen molar-refractivity contribution in [1.82, 2.24) is 5.48 Å². The van der Waals surface area contributed by atoms with E-state index in [1.54, 1.807) is 17.6 Å². The zero-order chi connectivity index (χ0) is 21.3. The predicted octanol–water partition coefficient (Wildman–Crippen LogP) is 3.21. The first-order chi connectivity index (χ1) is 13.9. The average Bonchev–Trinajstić information content (AvgIpc) is 2.73. The molecule has 1 aromatic rings. The van der Waals surface area contributed by atoms with E-state index < -0.39 is 29.2 Å². The predicted molar refractivity (Wildman–Crippen MR) is 110 cm³/mol. The highest BCUT2D eigenvalue weighted by molar-refractivity contribution is 7.99. The number of hydrogen-bond acceptors (Lipinski definition) is 5. The Morgan fingerprint density at radius 1 is 1.17 bits per heavy atom. The fourth-order valence-corrected chi connectivity index (χ4v) is 4.18. The van der Waals surface area contributed by atoms with E-state index in [2.05, 4.69) is 0 Å². The highest BCUT2D eigenvalue weighted by Crippen LogP contribution is 2.42. The van der Waals surface area contributed by atoms with Crippen LogP contribution in [-0.4, -0.2) is 44.8 Å². The molecule has 0 fully saturated rings. The summed E-state index contributed by atoms with van der Waals surface area (Å²) < 4.78 is 0. The standard InChI is InChI=1S/C21H25NO6S/c23-18(22-28)14-29-11-5-9-17(19(24)25)13-21(20(26)27)10-4-8-16(12-21)15-6-2-1-3-7-15/h1-4,6-8,10,17,28H,5,9,11-14H2,(H,22,23)(H,24,25)(H,26,27). The SMILES string of the molecule is O=C(CSCCCC(CC1(C(=O)O)C=CC=C(c2ccccc2)C1)C(=O)O)NO. The molecule has 1 aromatic carbocycles. The lowest BCUT2D eigenvalue weighted by atomic mass is 9.70. The normalized spacial score (nSPS) is 19.3. The molecule has 0 saturated heterocycles. The van der Waals surface area contributed by atoms with E-state index >= 15 is 0 Å². The molecule has 1 aliphatic carbocycles. The third-order valence-corrected chi connectivity index (χ3v) is 5.99. The minimum absolute atomic E-state index is 0.000132. The number of hydroxylamine groups is 1. The van der Waals surface area contributed by atoms with Gasteiger partial charge in [0, 0.05) is 0 Å². The summed E-state index contributed by atoms with van der Waals surface area (Å²) in [6, 6.07) is 9.46. The molecule has 29 heavy (non-hydrogen) atoms. The molecule has 0 radical (unpaired) electrons. The molecule has 1 aliphatic rings. The first kappa shape index (κ1) is 22.7. The van der Waals surface area contributed by atoms with Crippen LogP contribution in [-0.2, 0) is 14.4 Å². The Hall–Kier alpha value is -2.58. The van der Waals surface area contributed by atoms with Crippen molar-refractivity contribution in [3.63, 3.8) is 0 Å². The molecule has 156 valence electrons. The lowest BCUT2D eigenvalue weighted by Crippen LogP contribution is -2.35. The maximum absolute atomic E-state index is 12.2. The number of aliphatic carboxylic acids is 2. The number of rotatable bonds is 11. The van der Waals surface area contributed by atoms with Gasteiger partial charge in [0.15, 0.2) is 0 Å². The number of amides is 1. The number of carboxylic acids is 2. The molecule has 7 nitrogen and oxygen atoms in total. The Bertz CT molecular complexity index is 792. The van der Waals surface area contributed by atoms with E-state index in [-0.39, 0.29) is 18.6 Å². The Morgan fingerprint density at radius 3 is 2.52 bits per heavy atom. The van der Waals surface area contributed by atoms with Crippen LogP contribution >= 0.6 is 11.8 Å². The van der Waals surface area contributed by atoms with Gasteiger partial charge in [0.05, 0.1) is 17.1 Å². The number of hydrogen-bond donors (Lipinski definition) is 4. The molecule has 0 heterocycles. The van der Waals surface area contributed by atoms with Gasteiger partial charge in [-0.15, -0.1) is 0 Å². The summed E-state index contributed by atoms with van der Waals surface area (Å²) in [5.74, 6) is -2.74. The van der Waals surface area contributed by atoms with E-state index in [4.69, 9.17) is 5.21 Å². The fourth-order valence-electron chi connectivity index (χ4n) is 3.41. The molecular weight excluding hydrogens is 394 g/mol. The Morgan fingerprint density at radius 2 is 1.90 bits per heavy atom. The molecular formula is C21H25NO6S. The van der Waals surface area contributed by atoms with E-state index in [0.29, 0.717) is 18.6 Å². The third-order valence-electron chi connectivity index (χ3n) is 4.95. The van der Waals surface area contributed by atoms with Crippen molar-refractivity contribution in [1.29, 1.82) is 0 Å². The third kappa shape index (κ3) is 6.47. The van der Waals surface area contributed by atoms with Gasteiger partial charge in [0.1, 0.15) is 0 Å². The van der Waals surface area contributed by atoms with Crippen molar-refractivity contribution in [3.05, 3.63) is 54.1 Å². The average molecular weight is 419 g/mol. The number of nitrogens with one attached hydrogen (secondary N) is 1. The minimum Gasteiger partial charge on any atom is -0.481 e.